The Hall–Kier alpha value is -0.620. The summed E-state index contributed by atoms with van der Waals surface area (Å²) in [5.41, 5.74) is -0.627. The van der Waals surface area contributed by atoms with Crippen LogP contribution >= 0.6 is 15.9 Å². The quantitative estimate of drug-likeness (QED) is 0.824. The van der Waals surface area contributed by atoms with Gasteiger partial charge in [0.25, 0.3) is 6.43 Å². The summed E-state index contributed by atoms with van der Waals surface area (Å²) in [6.07, 6.45) is -2.82. The van der Waals surface area contributed by atoms with Gasteiger partial charge in [-0.2, -0.15) is 4.39 Å². The zero-order chi connectivity index (χ0) is 10.0. The van der Waals surface area contributed by atoms with Gasteiger partial charge < -0.3 is 5.11 Å². The number of aliphatic hydroxyl groups is 1. The van der Waals surface area contributed by atoms with Crippen molar-refractivity contribution in [2.24, 2.45) is 0 Å². The van der Waals surface area contributed by atoms with E-state index in [1.54, 1.807) is 0 Å². The zero-order valence-corrected chi connectivity index (χ0v) is 7.85. The van der Waals surface area contributed by atoms with Crippen LogP contribution in [-0.2, 0) is 6.61 Å². The average molecular weight is 256 g/mol. The van der Waals surface area contributed by atoms with Gasteiger partial charge in [0, 0.05) is 17.2 Å². The predicted octanol–water partition coefficient (Wildman–Crippen LogP) is 2.41. The van der Waals surface area contributed by atoms with Crippen LogP contribution in [0.5, 0.6) is 0 Å². The SMILES string of the molecule is OCc1c(C(F)F)cc(F)nc1Br. The first kappa shape index (κ1) is 10.5. The van der Waals surface area contributed by atoms with Gasteiger partial charge in [-0.05, 0) is 15.9 Å². The highest BCUT2D eigenvalue weighted by molar-refractivity contribution is 9.10. The van der Waals surface area contributed by atoms with Crippen LogP contribution in [0.25, 0.3) is 0 Å². The maximum absolute atomic E-state index is 12.5. The number of aromatic nitrogens is 1. The minimum absolute atomic E-state index is 0.0867. The molecule has 0 spiro atoms. The summed E-state index contributed by atoms with van der Waals surface area (Å²) in [7, 11) is 0. The molecule has 1 N–H and O–H groups in total. The lowest BCUT2D eigenvalue weighted by molar-refractivity contribution is 0.146. The van der Waals surface area contributed by atoms with Gasteiger partial charge in [0.15, 0.2) is 0 Å². The monoisotopic (exact) mass is 255 g/mol. The van der Waals surface area contributed by atoms with Gasteiger partial charge in [-0.1, -0.05) is 0 Å². The van der Waals surface area contributed by atoms with Crippen molar-refractivity contribution in [1.29, 1.82) is 0 Å². The molecule has 0 fully saturated rings. The molecule has 0 radical (unpaired) electrons. The van der Waals surface area contributed by atoms with E-state index in [-0.39, 0.29) is 10.2 Å². The number of hydrogen-bond acceptors (Lipinski definition) is 2. The molecule has 0 aliphatic carbocycles. The predicted molar refractivity (Wildman–Crippen MR) is 42.8 cm³/mol. The minimum atomic E-state index is -2.82. The summed E-state index contributed by atoms with van der Waals surface area (Å²) in [4.78, 5) is 3.24. The van der Waals surface area contributed by atoms with Crippen molar-refractivity contribution in [2.45, 2.75) is 13.0 Å². The standard InChI is InChI=1S/C7H5BrF3NO/c8-6-4(2-13)3(7(10)11)1-5(9)12-6/h1,7,13H,2H2. The van der Waals surface area contributed by atoms with Crippen molar-refractivity contribution in [1.82, 2.24) is 4.98 Å². The molecule has 0 atom stereocenters. The summed E-state index contributed by atoms with van der Waals surface area (Å²) in [5, 5.41) is 8.71. The second-order valence-corrected chi connectivity index (χ2v) is 3.01. The molecule has 1 heterocycles. The van der Waals surface area contributed by atoms with E-state index >= 15 is 0 Å². The lowest BCUT2D eigenvalue weighted by Gasteiger charge is -2.07. The van der Waals surface area contributed by atoms with Gasteiger partial charge >= 0.3 is 0 Å². The second kappa shape index (κ2) is 4.06. The van der Waals surface area contributed by atoms with E-state index in [1.165, 1.54) is 0 Å². The third kappa shape index (κ3) is 2.19. The Balaban J connectivity index is 3.29. The van der Waals surface area contributed by atoms with Crippen molar-refractivity contribution in [2.75, 3.05) is 0 Å². The summed E-state index contributed by atoms with van der Waals surface area (Å²) in [5.74, 6) is -1.00. The normalized spacial score (nSPS) is 10.9. The van der Waals surface area contributed by atoms with Gasteiger partial charge in [-0.3, -0.25) is 0 Å². The van der Waals surface area contributed by atoms with Crippen molar-refractivity contribution in [3.63, 3.8) is 0 Å². The summed E-state index contributed by atoms with van der Waals surface area (Å²) < 4.78 is 37.0. The maximum atomic E-state index is 12.5. The Kier molecular flexibility index (Phi) is 3.27. The Bertz CT molecular complexity index is 319. The van der Waals surface area contributed by atoms with Crippen LogP contribution in [0.3, 0.4) is 0 Å². The van der Waals surface area contributed by atoms with E-state index in [2.05, 4.69) is 20.9 Å². The number of aliphatic hydroxyl groups excluding tert-OH is 1. The molecule has 0 bridgehead atoms. The van der Waals surface area contributed by atoms with Crippen molar-refractivity contribution < 1.29 is 18.3 Å². The first-order valence-electron chi connectivity index (χ1n) is 3.30. The van der Waals surface area contributed by atoms with Crippen molar-refractivity contribution in [3.8, 4) is 0 Å². The molecule has 0 unspecified atom stereocenters. The summed E-state index contributed by atoms with van der Waals surface area (Å²) >= 11 is 2.78. The number of alkyl halides is 2. The Morgan fingerprint density at radius 2 is 2.15 bits per heavy atom. The molecular weight excluding hydrogens is 251 g/mol. The summed E-state index contributed by atoms with van der Waals surface area (Å²) in [6, 6.07) is 0.612. The molecule has 0 saturated carbocycles. The highest BCUT2D eigenvalue weighted by atomic mass is 79.9. The Morgan fingerprint density at radius 1 is 1.54 bits per heavy atom. The molecule has 1 rings (SSSR count). The third-order valence-electron chi connectivity index (χ3n) is 1.47. The van der Waals surface area contributed by atoms with E-state index in [9.17, 15) is 13.2 Å². The Morgan fingerprint density at radius 3 is 2.62 bits per heavy atom. The van der Waals surface area contributed by atoms with E-state index in [1.807, 2.05) is 0 Å². The van der Waals surface area contributed by atoms with Crippen LogP contribution in [0.4, 0.5) is 13.2 Å². The smallest absolute Gasteiger partial charge is 0.264 e. The molecule has 0 amide bonds. The van der Waals surface area contributed by atoms with Crippen LogP contribution in [0, 0.1) is 5.95 Å². The highest BCUT2D eigenvalue weighted by Gasteiger charge is 2.17. The fourth-order valence-electron chi connectivity index (χ4n) is 0.879. The molecule has 0 aliphatic heterocycles. The number of halogens is 4. The number of pyridine rings is 1. The maximum Gasteiger partial charge on any atom is 0.264 e. The van der Waals surface area contributed by atoms with Crippen LogP contribution in [0.1, 0.15) is 17.6 Å². The molecule has 72 valence electrons. The molecule has 2 nitrogen and oxygen atoms in total. The fraction of sp³-hybridized carbons (Fsp3) is 0.286. The van der Waals surface area contributed by atoms with E-state index < -0.39 is 24.5 Å². The molecule has 13 heavy (non-hydrogen) atoms. The molecule has 0 saturated heterocycles. The lowest BCUT2D eigenvalue weighted by atomic mass is 10.1. The average Bonchev–Trinajstić information content (AvgIpc) is 2.02. The molecule has 1 aromatic heterocycles. The first-order chi connectivity index (χ1) is 6.06. The van der Waals surface area contributed by atoms with Crippen LogP contribution in [0.15, 0.2) is 10.7 Å². The number of hydrogen-bond donors (Lipinski definition) is 1. The fourth-order valence-corrected chi connectivity index (χ4v) is 1.40. The molecule has 6 heteroatoms. The second-order valence-electron chi connectivity index (χ2n) is 2.26. The van der Waals surface area contributed by atoms with Gasteiger partial charge in [-0.15, -0.1) is 0 Å². The molecule has 1 aromatic rings. The highest BCUT2D eigenvalue weighted by Crippen LogP contribution is 2.27. The van der Waals surface area contributed by atoms with Crippen LogP contribution in [-0.4, -0.2) is 10.1 Å². The van der Waals surface area contributed by atoms with E-state index in [0.717, 1.165) is 0 Å². The van der Waals surface area contributed by atoms with E-state index in [4.69, 9.17) is 5.11 Å². The van der Waals surface area contributed by atoms with Crippen LogP contribution in [0.2, 0.25) is 0 Å². The first-order valence-corrected chi connectivity index (χ1v) is 4.09. The molecular formula is C7H5BrF3NO. The van der Waals surface area contributed by atoms with E-state index in [0.29, 0.717) is 6.07 Å². The number of nitrogens with zero attached hydrogens (tertiary/aromatic N) is 1. The van der Waals surface area contributed by atoms with Crippen molar-refractivity contribution in [3.05, 3.63) is 27.7 Å². The van der Waals surface area contributed by atoms with Crippen molar-refractivity contribution >= 4 is 15.9 Å². The molecule has 0 aromatic carbocycles. The topological polar surface area (TPSA) is 33.1 Å². The van der Waals surface area contributed by atoms with Gasteiger partial charge in [-0.25, -0.2) is 13.8 Å². The summed E-state index contributed by atoms with van der Waals surface area (Å²) in [6.45, 7) is -0.604. The van der Waals surface area contributed by atoms with Gasteiger partial charge in [0.05, 0.1) is 6.61 Å². The largest absolute Gasteiger partial charge is 0.392 e. The third-order valence-corrected chi connectivity index (χ3v) is 2.13. The lowest BCUT2D eigenvalue weighted by Crippen LogP contribution is -2.00. The number of rotatable bonds is 2. The van der Waals surface area contributed by atoms with Crippen LogP contribution < -0.4 is 0 Å². The van der Waals surface area contributed by atoms with Gasteiger partial charge in [0.2, 0.25) is 5.95 Å². The Labute approximate surface area is 80.5 Å². The minimum Gasteiger partial charge on any atom is -0.392 e. The molecule has 0 aliphatic rings. The zero-order valence-electron chi connectivity index (χ0n) is 6.27. The van der Waals surface area contributed by atoms with Gasteiger partial charge in [0.1, 0.15) is 4.60 Å².